The van der Waals surface area contributed by atoms with Gasteiger partial charge >= 0.3 is 17.9 Å². The van der Waals surface area contributed by atoms with Gasteiger partial charge in [0.2, 0.25) is 0 Å². The van der Waals surface area contributed by atoms with Gasteiger partial charge in [-0.25, -0.2) is 0 Å². The Kier molecular flexibility index (Phi) is 30.8. The van der Waals surface area contributed by atoms with Crippen LogP contribution in [0.2, 0.25) is 0 Å². The molecule has 46 heavy (non-hydrogen) atoms. The summed E-state index contributed by atoms with van der Waals surface area (Å²) in [5, 5.41) is 0. The van der Waals surface area contributed by atoms with Gasteiger partial charge in [0.05, 0.1) is 25.0 Å². The van der Waals surface area contributed by atoms with Crippen molar-refractivity contribution in [3.8, 4) is 0 Å². The van der Waals surface area contributed by atoms with E-state index in [-0.39, 0.29) is 35.8 Å². The molecule has 7 heteroatoms. The molecule has 2 unspecified atom stereocenters. The van der Waals surface area contributed by atoms with E-state index in [2.05, 4.69) is 18.7 Å². The first kappa shape index (κ1) is 44.4. The molecule has 0 aliphatic rings. The predicted molar refractivity (Wildman–Crippen MR) is 191 cm³/mol. The number of carbonyl (C=O) groups excluding carboxylic acids is 3. The summed E-state index contributed by atoms with van der Waals surface area (Å²) < 4.78 is 16.8. The minimum absolute atomic E-state index is 0.0190. The maximum absolute atomic E-state index is 12.5. The van der Waals surface area contributed by atoms with Crippen LogP contribution in [-0.4, -0.2) is 62.8 Å². The summed E-state index contributed by atoms with van der Waals surface area (Å²) >= 11 is 0. The molecule has 0 saturated heterocycles. The van der Waals surface area contributed by atoms with E-state index in [1.54, 1.807) is 0 Å². The molecule has 0 heterocycles. The highest BCUT2D eigenvalue weighted by atomic mass is 16.5. The van der Waals surface area contributed by atoms with E-state index in [1.165, 1.54) is 51.4 Å². The number of hydrogen-bond donors (Lipinski definition) is 0. The molecule has 0 bridgehead atoms. The fourth-order valence-corrected chi connectivity index (χ4v) is 5.65. The molecule has 7 nitrogen and oxygen atoms in total. The fraction of sp³-hybridized carbons (Fsp3) is 0.923. The van der Waals surface area contributed by atoms with Gasteiger partial charge in [-0.3, -0.25) is 14.4 Å². The average Bonchev–Trinajstić information content (AvgIpc) is 3.03. The summed E-state index contributed by atoms with van der Waals surface area (Å²) in [7, 11) is 4.06. The largest absolute Gasteiger partial charge is 0.465 e. The van der Waals surface area contributed by atoms with Crippen LogP contribution < -0.4 is 0 Å². The zero-order valence-corrected chi connectivity index (χ0v) is 31.2. The Morgan fingerprint density at radius 1 is 0.522 bits per heavy atom. The molecule has 0 rings (SSSR count). The summed E-state index contributed by atoms with van der Waals surface area (Å²) in [5.74, 6) is -0.0930. The molecule has 0 fully saturated rings. The summed E-state index contributed by atoms with van der Waals surface area (Å²) in [4.78, 5) is 38.6. The zero-order chi connectivity index (χ0) is 34.3. The average molecular weight is 654 g/mol. The van der Waals surface area contributed by atoms with Crippen LogP contribution >= 0.6 is 0 Å². The van der Waals surface area contributed by atoms with Crippen molar-refractivity contribution in [2.45, 2.75) is 188 Å². The van der Waals surface area contributed by atoms with Crippen molar-refractivity contribution in [3.05, 3.63) is 0 Å². The third-order valence-electron chi connectivity index (χ3n) is 8.90. The first-order chi connectivity index (χ1) is 22.2. The van der Waals surface area contributed by atoms with Crippen LogP contribution in [0.15, 0.2) is 0 Å². The van der Waals surface area contributed by atoms with Gasteiger partial charge < -0.3 is 19.1 Å². The highest BCUT2D eigenvalue weighted by molar-refractivity contribution is 5.72. The van der Waals surface area contributed by atoms with Crippen molar-refractivity contribution in [1.29, 1.82) is 0 Å². The molecule has 0 N–H and O–H groups in total. The van der Waals surface area contributed by atoms with Crippen molar-refractivity contribution in [2.24, 2.45) is 11.8 Å². The number of ether oxygens (including phenoxy) is 3. The van der Waals surface area contributed by atoms with Crippen LogP contribution in [0, 0.1) is 11.8 Å². The molecule has 2 atom stereocenters. The van der Waals surface area contributed by atoms with E-state index in [0.29, 0.717) is 19.6 Å². The van der Waals surface area contributed by atoms with Crippen LogP contribution in [0.4, 0.5) is 0 Å². The van der Waals surface area contributed by atoms with Gasteiger partial charge in [0.15, 0.2) is 0 Å². The van der Waals surface area contributed by atoms with E-state index in [4.69, 9.17) is 14.2 Å². The standard InChI is InChI=1S/C39H75NO6/c1-7-9-26-34(3)38(42)44-32-23-19-15-11-13-17-21-28-36(46-37(41)30-25-31-40(5)6)29-22-18-14-12-16-20-24-33-45-39(43)35(4)27-10-8-2/h34-36H,7-33H2,1-6H3. The van der Waals surface area contributed by atoms with Gasteiger partial charge in [-0.2, -0.15) is 0 Å². The maximum atomic E-state index is 12.5. The molecule has 0 radical (unpaired) electrons. The van der Waals surface area contributed by atoms with Crippen LogP contribution in [0.25, 0.3) is 0 Å². The second-order valence-corrected chi connectivity index (χ2v) is 14.0. The molecule has 0 aliphatic carbocycles. The van der Waals surface area contributed by atoms with Crippen LogP contribution in [0.1, 0.15) is 182 Å². The minimum atomic E-state index is -0.0484. The van der Waals surface area contributed by atoms with Gasteiger partial charge in [-0.1, -0.05) is 118 Å². The summed E-state index contributed by atoms with van der Waals surface area (Å²) in [6.07, 6.45) is 25.4. The Labute approximate surface area is 284 Å². The topological polar surface area (TPSA) is 82.1 Å². The van der Waals surface area contributed by atoms with Crippen LogP contribution in [0.3, 0.4) is 0 Å². The predicted octanol–water partition coefficient (Wildman–Crippen LogP) is 10.2. The quantitative estimate of drug-likeness (QED) is 0.0396. The van der Waals surface area contributed by atoms with Gasteiger partial charge in [-0.15, -0.1) is 0 Å². The normalized spacial score (nSPS) is 13.4. The van der Waals surface area contributed by atoms with Crippen molar-refractivity contribution in [2.75, 3.05) is 33.9 Å². The third-order valence-corrected chi connectivity index (χ3v) is 8.90. The molecule has 0 amide bonds. The van der Waals surface area contributed by atoms with Crippen molar-refractivity contribution >= 4 is 17.9 Å². The third kappa shape index (κ3) is 28.6. The number of nitrogens with zero attached hydrogens (tertiary/aromatic N) is 1. The molecule has 0 aromatic rings. The summed E-state index contributed by atoms with van der Waals surface area (Å²) in [6, 6.07) is 0. The van der Waals surface area contributed by atoms with Crippen molar-refractivity contribution in [3.63, 3.8) is 0 Å². The van der Waals surface area contributed by atoms with E-state index in [1.807, 2.05) is 27.9 Å². The molecule has 0 saturated carbocycles. The van der Waals surface area contributed by atoms with Crippen LogP contribution in [-0.2, 0) is 28.6 Å². The highest BCUT2D eigenvalue weighted by Gasteiger charge is 2.16. The van der Waals surface area contributed by atoms with Crippen molar-refractivity contribution < 1.29 is 28.6 Å². The Morgan fingerprint density at radius 3 is 1.30 bits per heavy atom. The smallest absolute Gasteiger partial charge is 0.308 e. The molecular weight excluding hydrogens is 578 g/mol. The van der Waals surface area contributed by atoms with Gasteiger partial charge in [-0.05, 0) is 78.4 Å². The van der Waals surface area contributed by atoms with Gasteiger partial charge in [0, 0.05) is 6.42 Å². The Bertz CT molecular complexity index is 681. The SMILES string of the molecule is CCCCC(C)C(=O)OCCCCCCCCCC(CCCCCCCCCOC(=O)C(C)CCCC)OC(=O)CCCN(C)C. The number of esters is 3. The first-order valence-electron chi connectivity index (χ1n) is 19.4. The lowest BCUT2D eigenvalue weighted by molar-refractivity contribution is -0.150. The molecule has 0 aromatic carbocycles. The maximum Gasteiger partial charge on any atom is 0.308 e. The summed E-state index contributed by atoms with van der Waals surface area (Å²) in [5.41, 5.74) is 0. The lowest BCUT2D eigenvalue weighted by atomic mass is 10.0. The second-order valence-electron chi connectivity index (χ2n) is 14.0. The lowest BCUT2D eigenvalue weighted by Gasteiger charge is -2.18. The monoisotopic (exact) mass is 654 g/mol. The molecular formula is C39H75NO6. The second kappa shape index (κ2) is 31.9. The number of carbonyl (C=O) groups is 3. The van der Waals surface area contributed by atoms with Crippen LogP contribution in [0.5, 0.6) is 0 Å². The fourth-order valence-electron chi connectivity index (χ4n) is 5.65. The minimum Gasteiger partial charge on any atom is -0.465 e. The van der Waals surface area contributed by atoms with Gasteiger partial charge in [0.1, 0.15) is 6.10 Å². The Balaban J connectivity index is 4.08. The van der Waals surface area contributed by atoms with E-state index in [0.717, 1.165) is 103 Å². The Morgan fingerprint density at radius 2 is 0.913 bits per heavy atom. The molecule has 272 valence electrons. The highest BCUT2D eigenvalue weighted by Crippen LogP contribution is 2.19. The summed E-state index contributed by atoms with van der Waals surface area (Å²) in [6.45, 7) is 10.2. The molecule has 0 aromatic heterocycles. The number of unbranched alkanes of at least 4 members (excludes halogenated alkanes) is 14. The molecule has 0 spiro atoms. The van der Waals surface area contributed by atoms with E-state index in [9.17, 15) is 14.4 Å². The van der Waals surface area contributed by atoms with Crippen molar-refractivity contribution in [1.82, 2.24) is 4.90 Å². The first-order valence-corrected chi connectivity index (χ1v) is 19.4. The van der Waals surface area contributed by atoms with E-state index >= 15 is 0 Å². The van der Waals surface area contributed by atoms with E-state index < -0.39 is 0 Å². The zero-order valence-electron chi connectivity index (χ0n) is 31.2. The van der Waals surface area contributed by atoms with Gasteiger partial charge in [0.25, 0.3) is 0 Å². The lowest BCUT2D eigenvalue weighted by Crippen LogP contribution is -2.20. The molecule has 0 aliphatic heterocycles. The Hall–Kier alpha value is -1.63. The number of hydrogen-bond acceptors (Lipinski definition) is 7. The number of rotatable bonds is 33.